The van der Waals surface area contributed by atoms with E-state index in [0.717, 1.165) is 24.5 Å². The third-order valence-corrected chi connectivity index (χ3v) is 4.37. The fourth-order valence-electron chi connectivity index (χ4n) is 3.31. The molecule has 3 N–H and O–H groups in total. The lowest BCUT2D eigenvalue weighted by Crippen LogP contribution is -2.51. The van der Waals surface area contributed by atoms with Crippen LogP contribution in [0.5, 0.6) is 5.75 Å². The first-order chi connectivity index (χ1) is 10.3. The van der Waals surface area contributed by atoms with Gasteiger partial charge < -0.3 is 9.47 Å². The number of hydrogen-bond acceptors (Lipinski definition) is 6. The number of nitrogens with one attached hydrogen (secondary N) is 1. The predicted molar refractivity (Wildman–Crippen MR) is 79.8 cm³/mol. The van der Waals surface area contributed by atoms with Gasteiger partial charge in [0.15, 0.2) is 0 Å². The highest BCUT2D eigenvalue weighted by atomic mass is 16.5. The van der Waals surface area contributed by atoms with E-state index in [2.05, 4.69) is 15.3 Å². The molecule has 3 heterocycles. The van der Waals surface area contributed by atoms with Crippen molar-refractivity contribution in [2.24, 2.45) is 5.84 Å². The van der Waals surface area contributed by atoms with E-state index in [1.165, 1.54) is 19.4 Å². The third-order valence-electron chi connectivity index (χ3n) is 4.37. The predicted octanol–water partition coefficient (Wildman–Crippen LogP) is 0.848. The molecular formula is C15H24N4O2. The summed E-state index contributed by atoms with van der Waals surface area (Å²) >= 11 is 0. The van der Waals surface area contributed by atoms with Crippen molar-refractivity contribution in [3.8, 4) is 5.75 Å². The topological polar surface area (TPSA) is 72.6 Å². The number of hydrogen-bond donors (Lipinski definition) is 2. The van der Waals surface area contributed by atoms with Crippen LogP contribution in [0.3, 0.4) is 0 Å². The molecule has 3 atom stereocenters. The van der Waals surface area contributed by atoms with Gasteiger partial charge in [-0.05, 0) is 37.9 Å². The van der Waals surface area contributed by atoms with Gasteiger partial charge in [0, 0.05) is 18.8 Å². The number of hydrazine groups is 1. The standard InChI is InChI=1S/C15H24N4O2/c1-2-20-13-6-11(7-17-8-13)15(18-16)14-9-19-5-3-4-12(19)10-21-14/h6-8,12,14-15,18H,2-5,9-10,16H2,1H3. The Morgan fingerprint density at radius 3 is 3.29 bits per heavy atom. The number of aromatic nitrogens is 1. The van der Waals surface area contributed by atoms with E-state index in [4.69, 9.17) is 15.3 Å². The Morgan fingerprint density at radius 2 is 2.48 bits per heavy atom. The summed E-state index contributed by atoms with van der Waals surface area (Å²) in [5.41, 5.74) is 3.90. The molecule has 6 heteroatoms. The Kier molecular flexibility index (Phi) is 4.70. The minimum atomic E-state index is -0.0699. The van der Waals surface area contributed by atoms with Crippen LogP contribution in [0.15, 0.2) is 18.5 Å². The van der Waals surface area contributed by atoms with E-state index in [1.807, 2.05) is 19.2 Å². The highest BCUT2D eigenvalue weighted by Gasteiger charge is 2.36. The van der Waals surface area contributed by atoms with Crippen molar-refractivity contribution < 1.29 is 9.47 Å². The zero-order chi connectivity index (χ0) is 14.7. The Labute approximate surface area is 125 Å². The van der Waals surface area contributed by atoms with Crippen LogP contribution in [0.25, 0.3) is 0 Å². The summed E-state index contributed by atoms with van der Waals surface area (Å²) in [5.74, 6) is 6.55. The zero-order valence-corrected chi connectivity index (χ0v) is 12.5. The Hall–Kier alpha value is -1.21. The van der Waals surface area contributed by atoms with Crippen molar-refractivity contribution in [3.63, 3.8) is 0 Å². The van der Waals surface area contributed by atoms with Crippen LogP contribution < -0.4 is 16.0 Å². The molecule has 0 spiro atoms. The number of morpholine rings is 1. The number of ether oxygens (including phenoxy) is 2. The molecular weight excluding hydrogens is 268 g/mol. The number of pyridine rings is 1. The van der Waals surface area contributed by atoms with Crippen LogP contribution in [0.2, 0.25) is 0 Å². The first kappa shape index (κ1) is 14.7. The molecule has 0 aliphatic carbocycles. The van der Waals surface area contributed by atoms with E-state index in [-0.39, 0.29) is 12.1 Å². The van der Waals surface area contributed by atoms with Gasteiger partial charge in [-0.1, -0.05) is 0 Å². The molecule has 21 heavy (non-hydrogen) atoms. The average molecular weight is 292 g/mol. The van der Waals surface area contributed by atoms with E-state index in [1.54, 1.807) is 6.20 Å². The smallest absolute Gasteiger partial charge is 0.137 e. The van der Waals surface area contributed by atoms with Gasteiger partial charge >= 0.3 is 0 Å². The third kappa shape index (κ3) is 3.18. The molecule has 2 aliphatic rings. The van der Waals surface area contributed by atoms with E-state index in [9.17, 15) is 0 Å². The van der Waals surface area contributed by atoms with Crippen LogP contribution in [-0.2, 0) is 4.74 Å². The van der Waals surface area contributed by atoms with Crippen molar-refractivity contribution in [2.45, 2.75) is 38.0 Å². The molecule has 1 aromatic heterocycles. The highest BCUT2D eigenvalue weighted by Crippen LogP contribution is 2.29. The summed E-state index contributed by atoms with van der Waals surface area (Å²) in [7, 11) is 0. The fraction of sp³-hybridized carbons (Fsp3) is 0.667. The molecule has 6 nitrogen and oxygen atoms in total. The minimum Gasteiger partial charge on any atom is -0.492 e. The van der Waals surface area contributed by atoms with E-state index >= 15 is 0 Å². The molecule has 0 saturated carbocycles. The van der Waals surface area contributed by atoms with Crippen LogP contribution >= 0.6 is 0 Å². The van der Waals surface area contributed by atoms with Crippen molar-refractivity contribution in [1.82, 2.24) is 15.3 Å². The van der Waals surface area contributed by atoms with Crippen LogP contribution in [-0.4, -0.2) is 48.3 Å². The lowest BCUT2D eigenvalue weighted by atomic mass is 10.0. The van der Waals surface area contributed by atoms with Crippen molar-refractivity contribution in [3.05, 3.63) is 24.0 Å². The molecule has 2 fully saturated rings. The lowest BCUT2D eigenvalue weighted by molar-refractivity contribution is -0.0653. The van der Waals surface area contributed by atoms with Gasteiger partial charge in [-0.2, -0.15) is 0 Å². The molecule has 3 unspecified atom stereocenters. The normalized spacial score (nSPS) is 27.3. The van der Waals surface area contributed by atoms with Crippen molar-refractivity contribution in [1.29, 1.82) is 0 Å². The van der Waals surface area contributed by atoms with Gasteiger partial charge in [-0.15, -0.1) is 0 Å². The van der Waals surface area contributed by atoms with E-state index < -0.39 is 0 Å². The van der Waals surface area contributed by atoms with Gasteiger partial charge in [0.05, 0.1) is 31.6 Å². The maximum absolute atomic E-state index is 6.05. The van der Waals surface area contributed by atoms with Crippen LogP contribution in [0.1, 0.15) is 31.4 Å². The van der Waals surface area contributed by atoms with Crippen molar-refractivity contribution in [2.75, 3.05) is 26.3 Å². The molecule has 3 rings (SSSR count). The quantitative estimate of drug-likeness (QED) is 0.619. The van der Waals surface area contributed by atoms with Gasteiger partial charge in [0.1, 0.15) is 5.75 Å². The van der Waals surface area contributed by atoms with Gasteiger partial charge in [0.2, 0.25) is 0 Å². The molecule has 0 radical (unpaired) electrons. The van der Waals surface area contributed by atoms with Crippen LogP contribution in [0, 0.1) is 0 Å². The SMILES string of the molecule is CCOc1cncc(C(NN)C2CN3CCCC3CO2)c1. The molecule has 0 bridgehead atoms. The summed E-state index contributed by atoms with van der Waals surface area (Å²) in [6.07, 6.45) is 6.10. The fourth-order valence-corrected chi connectivity index (χ4v) is 3.31. The molecule has 0 aromatic carbocycles. The average Bonchev–Trinajstić information content (AvgIpc) is 2.96. The summed E-state index contributed by atoms with van der Waals surface area (Å²) < 4.78 is 11.6. The first-order valence-corrected chi connectivity index (χ1v) is 7.71. The maximum atomic E-state index is 6.05. The number of fused-ring (bicyclic) bond motifs is 1. The molecule has 0 amide bonds. The van der Waals surface area contributed by atoms with Gasteiger partial charge in [-0.25, -0.2) is 0 Å². The lowest BCUT2D eigenvalue weighted by Gasteiger charge is -2.38. The highest BCUT2D eigenvalue weighted by molar-refractivity contribution is 5.27. The Bertz CT molecular complexity index is 471. The zero-order valence-electron chi connectivity index (χ0n) is 12.5. The molecule has 116 valence electrons. The summed E-state index contributed by atoms with van der Waals surface area (Å²) in [6.45, 7) is 5.46. The largest absolute Gasteiger partial charge is 0.492 e. The van der Waals surface area contributed by atoms with E-state index in [0.29, 0.717) is 12.6 Å². The summed E-state index contributed by atoms with van der Waals surface area (Å²) in [4.78, 5) is 6.76. The minimum absolute atomic E-state index is 0.0445. The molecule has 1 aromatic rings. The second kappa shape index (κ2) is 6.70. The van der Waals surface area contributed by atoms with Gasteiger partial charge in [-0.3, -0.25) is 21.2 Å². The molecule has 2 saturated heterocycles. The Balaban J connectivity index is 1.73. The maximum Gasteiger partial charge on any atom is 0.137 e. The number of rotatable bonds is 5. The monoisotopic (exact) mass is 292 g/mol. The summed E-state index contributed by atoms with van der Waals surface area (Å²) in [6, 6.07) is 2.51. The molecule has 2 aliphatic heterocycles. The number of nitrogens with zero attached hydrogens (tertiary/aromatic N) is 2. The first-order valence-electron chi connectivity index (χ1n) is 7.71. The summed E-state index contributed by atoms with van der Waals surface area (Å²) in [5, 5.41) is 0. The Morgan fingerprint density at radius 1 is 1.57 bits per heavy atom. The van der Waals surface area contributed by atoms with Crippen LogP contribution in [0.4, 0.5) is 0 Å². The second-order valence-corrected chi connectivity index (χ2v) is 5.69. The second-order valence-electron chi connectivity index (χ2n) is 5.69. The number of nitrogens with two attached hydrogens (primary N) is 1. The van der Waals surface area contributed by atoms with Gasteiger partial charge in [0.25, 0.3) is 0 Å². The van der Waals surface area contributed by atoms with Crippen molar-refractivity contribution >= 4 is 0 Å².